The topological polar surface area (TPSA) is 17.1 Å². The monoisotopic (exact) mass is 241 g/mol. The molecule has 0 N–H and O–H groups in total. The van der Waals surface area contributed by atoms with Crippen molar-refractivity contribution in [1.82, 2.24) is 0 Å². The largest absolute Gasteiger partial charge is 0.742 e. The third-order valence-electron chi connectivity index (χ3n) is 2.77. The van der Waals surface area contributed by atoms with Gasteiger partial charge < -0.3 is 17.4 Å². The fraction of sp³-hybridized carbons (Fsp3) is 0.133. The number of benzene rings is 2. The third-order valence-corrected chi connectivity index (χ3v) is 2.94. The molecule has 0 saturated carbocycles. The van der Waals surface area contributed by atoms with E-state index in [9.17, 15) is 4.79 Å². The highest BCUT2D eigenvalue weighted by Crippen LogP contribution is 2.27. The van der Waals surface area contributed by atoms with Gasteiger partial charge in [0.2, 0.25) is 0 Å². The van der Waals surface area contributed by atoms with E-state index in [1.807, 2.05) is 60.7 Å². The molecule has 2 aromatic carbocycles. The molecular formula is C15H13OS-. The van der Waals surface area contributed by atoms with E-state index in [4.69, 9.17) is 12.6 Å². The van der Waals surface area contributed by atoms with Gasteiger partial charge in [-0.1, -0.05) is 60.7 Å². The van der Waals surface area contributed by atoms with Crippen molar-refractivity contribution in [1.29, 1.82) is 0 Å². The van der Waals surface area contributed by atoms with Crippen molar-refractivity contribution < 1.29 is 4.79 Å². The van der Waals surface area contributed by atoms with E-state index >= 15 is 0 Å². The van der Waals surface area contributed by atoms with Gasteiger partial charge in [-0.2, -0.15) is 0 Å². The zero-order valence-corrected chi connectivity index (χ0v) is 10.2. The molecule has 0 atom stereocenters. The SMILES string of the molecule is O=C([S-])CC(c1ccccc1)c1ccccc1. The Morgan fingerprint density at radius 2 is 1.29 bits per heavy atom. The standard InChI is InChI=1S/C15H14OS/c16-15(17)11-14(12-7-3-1-4-8-12)13-9-5-2-6-10-13/h1-10,14H,11H2,(H,16,17)/p-1. The summed E-state index contributed by atoms with van der Waals surface area (Å²) >= 11 is 4.72. The maximum Gasteiger partial charge on any atom is 0.0140 e. The first-order chi connectivity index (χ1) is 8.27. The summed E-state index contributed by atoms with van der Waals surface area (Å²) in [4.78, 5) is 11.2. The second-order valence-corrected chi connectivity index (χ2v) is 4.41. The van der Waals surface area contributed by atoms with Gasteiger partial charge in [0, 0.05) is 11.0 Å². The summed E-state index contributed by atoms with van der Waals surface area (Å²) in [6, 6.07) is 20.0. The smallest absolute Gasteiger partial charge is 0.0140 e. The van der Waals surface area contributed by atoms with Crippen molar-refractivity contribution >= 4 is 17.7 Å². The molecule has 0 radical (unpaired) electrons. The lowest BCUT2D eigenvalue weighted by atomic mass is 9.89. The molecule has 0 spiro atoms. The molecule has 17 heavy (non-hydrogen) atoms. The highest BCUT2D eigenvalue weighted by molar-refractivity contribution is 7.77. The average Bonchev–Trinajstić information content (AvgIpc) is 2.38. The first-order valence-electron chi connectivity index (χ1n) is 5.57. The van der Waals surface area contributed by atoms with Gasteiger partial charge in [0.05, 0.1) is 0 Å². The van der Waals surface area contributed by atoms with Crippen LogP contribution >= 0.6 is 0 Å². The normalized spacial score (nSPS) is 10.4. The van der Waals surface area contributed by atoms with Crippen molar-refractivity contribution in [3.63, 3.8) is 0 Å². The molecule has 0 bridgehead atoms. The molecule has 2 aromatic rings. The quantitative estimate of drug-likeness (QED) is 0.764. The zero-order valence-electron chi connectivity index (χ0n) is 9.37. The van der Waals surface area contributed by atoms with Gasteiger partial charge in [0.15, 0.2) is 0 Å². The third kappa shape index (κ3) is 3.14. The molecule has 0 aliphatic carbocycles. The predicted octanol–water partition coefficient (Wildman–Crippen LogP) is 3.28. The molecule has 2 rings (SSSR count). The second kappa shape index (κ2) is 5.60. The number of carbonyl (C=O) groups is 1. The Kier molecular flexibility index (Phi) is 3.89. The summed E-state index contributed by atoms with van der Waals surface area (Å²) in [7, 11) is 0. The first-order valence-corrected chi connectivity index (χ1v) is 5.98. The first kappa shape index (κ1) is 11.8. The van der Waals surface area contributed by atoms with E-state index in [-0.39, 0.29) is 11.0 Å². The molecule has 0 amide bonds. The van der Waals surface area contributed by atoms with E-state index in [0.717, 1.165) is 11.1 Å². The van der Waals surface area contributed by atoms with Crippen LogP contribution in [0.5, 0.6) is 0 Å². The Bertz CT molecular complexity index is 439. The van der Waals surface area contributed by atoms with Crippen LogP contribution in [0.3, 0.4) is 0 Å². The van der Waals surface area contributed by atoms with Crippen molar-refractivity contribution in [2.75, 3.05) is 0 Å². The fourth-order valence-electron chi connectivity index (χ4n) is 1.97. The van der Waals surface area contributed by atoms with Crippen LogP contribution in [-0.2, 0) is 17.4 Å². The summed E-state index contributed by atoms with van der Waals surface area (Å²) in [6.07, 6.45) is 0.378. The van der Waals surface area contributed by atoms with Gasteiger partial charge >= 0.3 is 0 Å². The maximum absolute atomic E-state index is 11.2. The van der Waals surface area contributed by atoms with Gasteiger partial charge in [-0.05, 0) is 17.5 Å². The van der Waals surface area contributed by atoms with Crippen LogP contribution in [0.2, 0.25) is 0 Å². The van der Waals surface area contributed by atoms with Crippen LogP contribution in [0.1, 0.15) is 23.5 Å². The van der Waals surface area contributed by atoms with Crippen molar-refractivity contribution in [3.05, 3.63) is 71.8 Å². The average molecular weight is 241 g/mol. The molecule has 1 nitrogen and oxygen atoms in total. The molecule has 0 aliphatic rings. The maximum atomic E-state index is 11.2. The molecule has 86 valence electrons. The number of hydrogen-bond donors (Lipinski definition) is 0. The number of hydrogen-bond acceptors (Lipinski definition) is 2. The molecule has 0 fully saturated rings. The van der Waals surface area contributed by atoms with E-state index in [1.54, 1.807) is 0 Å². The lowest BCUT2D eigenvalue weighted by molar-refractivity contribution is -0.111. The summed E-state index contributed by atoms with van der Waals surface area (Å²) in [5.74, 6) is 0.0717. The van der Waals surface area contributed by atoms with Gasteiger partial charge in [-0.3, -0.25) is 0 Å². The Hall–Kier alpha value is -1.67. The summed E-state index contributed by atoms with van der Waals surface area (Å²) < 4.78 is 0. The number of carbonyl (C=O) groups excluding carboxylic acids is 1. The summed E-state index contributed by atoms with van der Waals surface area (Å²) in [5, 5.41) is -0.192. The van der Waals surface area contributed by atoms with E-state index in [1.165, 1.54) is 0 Å². The minimum atomic E-state index is -0.192. The molecule has 0 unspecified atom stereocenters. The van der Waals surface area contributed by atoms with Crippen LogP contribution in [0.15, 0.2) is 60.7 Å². The zero-order chi connectivity index (χ0) is 12.1. The second-order valence-electron chi connectivity index (χ2n) is 3.95. The van der Waals surface area contributed by atoms with Crippen molar-refractivity contribution in [3.8, 4) is 0 Å². The van der Waals surface area contributed by atoms with E-state index < -0.39 is 0 Å². The highest BCUT2D eigenvalue weighted by atomic mass is 32.1. The van der Waals surface area contributed by atoms with Gasteiger partial charge in [0.25, 0.3) is 0 Å². The Morgan fingerprint density at radius 3 is 1.65 bits per heavy atom. The van der Waals surface area contributed by atoms with Crippen molar-refractivity contribution in [2.24, 2.45) is 0 Å². The fourth-order valence-corrected chi connectivity index (χ4v) is 2.13. The van der Waals surface area contributed by atoms with Gasteiger partial charge in [0.1, 0.15) is 0 Å². The Labute approximate surface area is 107 Å². The van der Waals surface area contributed by atoms with Crippen LogP contribution in [0, 0.1) is 0 Å². The predicted molar refractivity (Wildman–Crippen MR) is 71.7 cm³/mol. The van der Waals surface area contributed by atoms with Crippen molar-refractivity contribution in [2.45, 2.75) is 12.3 Å². The molecule has 0 saturated heterocycles. The Balaban J connectivity index is 2.36. The van der Waals surface area contributed by atoms with Gasteiger partial charge in [-0.15, -0.1) is 0 Å². The van der Waals surface area contributed by atoms with Crippen LogP contribution in [-0.4, -0.2) is 5.12 Å². The minimum absolute atomic E-state index is 0.0717. The summed E-state index contributed by atoms with van der Waals surface area (Å²) in [5.41, 5.74) is 2.27. The van der Waals surface area contributed by atoms with E-state index in [2.05, 4.69) is 0 Å². The summed E-state index contributed by atoms with van der Waals surface area (Å²) in [6.45, 7) is 0. The lowest BCUT2D eigenvalue weighted by Gasteiger charge is -2.19. The van der Waals surface area contributed by atoms with E-state index in [0.29, 0.717) is 6.42 Å². The number of rotatable bonds is 4. The lowest BCUT2D eigenvalue weighted by Crippen LogP contribution is -2.06. The van der Waals surface area contributed by atoms with Crippen LogP contribution in [0.25, 0.3) is 0 Å². The molecule has 0 aliphatic heterocycles. The highest BCUT2D eigenvalue weighted by Gasteiger charge is 2.13. The van der Waals surface area contributed by atoms with Crippen LogP contribution < -0.4 is 0 Å². The van der Waals surface area contributed by atoms with Crippen LogP contribution in [0.4, 0.5) is 0 Å². The Morgan fingerprint density at radius 1 is 0.882 bits per heavy atom. The minimum Gasteiger partial charge on any atom is -0.742 e. The molecule has 2 heteroatoms. The van der Waals surface area contributed by atoms with Gasteiger partial charge in [-0.25, -0.2) is 0 Å². The molecular weight excluding hydrogens is 228 g/mol. The molecule has 0 aromatic heterocycles. The molecule has 0 heterocycles.